The lowest BCUT2D eigenvalue weighted by atomic mass is 9.77. The average Bonchev–Trinajstić information content (AvgIpc) is 2.56. The number of rotatable bonds is 2. The predicted octanol–water partition coefficient (Wildman–Crippen LogP) is 7.09. The summed E-state index contributed by atoms with van der Waals surface area (Å²) >= 11 is 14.6. The number of alkyl carbamates (subject to hydrolysis) is 1. The highest BCUT2D eigenvalue weighted by atomic mass is 127. The van der Waals surface area contributed by atoms with E-state index in [9.17, 15) is 4.79 Å². The van der Waals surface area contributed by atoms with E-state index in [4.69, 9.17) is 27.9 Å². The molecular formula is C21H22Cl2INO2. The van der Waals surface area contributed by atoms with Crippen molar-refractivity contribution < 1.29 is 9.53 Å². The molecule has 0 heterocycles. The van der Waals surface area contributed by atoms with Crippen molar-refractivity contribution >= 4 is 51.9 Å². The number of hydrogen-bond donors (Lipinski definition) is 1. The van der Waals surface area contributed by atoms with Crippen molar-refractivity contribution in [2.24, 2.45) is 0 Å². The van der Waals surface area contributed by atoms with Crippen molar-refractivity contribution in [3.05, 3.63) is 66.7 Å². The topological polar surface area (TPSA) is 38.3 Å². The molecule has 144 valence electrons. The van der Waals surface area contributed by atoms with Gasteiger partial charge in [-0.3, -0.25) is 0 Å². The Kier molecular flexibility index (Phi) is 6.28. The number of hydrogen-bond acceptors (Lipinski definition) is 2. The van der Waals surface area contributed by atoms with Crippen molar-refractivity contribution in [3.8, 4) is 0 Å². The molecule has 1 amide bonds. The normalized spacial score (nSPS) is 19.3. The van der Waals surface area contributed by atoms with Gasteiger partial charge in [0.1, 0.15) is 5.60 Å². The number of carbonyl (C=O) groups is 1. The summed E-state index contributed by atoms with van der Waals surface area (Å²) < 4.78 is 6.60. The molecule has 1 aliphatic rings. The molecule has 6 heteroatoms. The zero-order valence-corrected chi connectivity index (χ0v) is 19.2. The Labute approximate surface area is 183 Å². The zero-order chi connectivity index (χ0) is 19.8. The molecule has 0 bridgehead atoms. The monoisotopic (exact) mass is 517 g/mol. The fourth-order valence-electron chi connectivity index (χ4n) is 3.48. The van der Waals surface area contributed by atoms with E-state index in [1.54, 1.807) is 0 Å². The van der Waals surface area contributed by atoms with Crippen LogP contribution in [0.4, 0.5) is 4.79 Å². The summed E-state index contributed by atoms with van der Waals surface area (Å²) in [4.78, 5) is 12.3. The smallest absolute Gasteiger partial charge is 0.408 e. The third kappa shape index (κ3) is 5.09. The number of fused-ring (bicyclic) bond motifs is 1. The zero-order valence-electron chi connectivity index (χ0n) is 15.5. The molecule has 0 radical (unpaired) electrons. The van der Waals surface area contributed by atoms with Crippen LogP contribution >= 0.6 is 45.8 Å². The summed E-state index contributed by atoms with van der Waals surface area (Å²) in [6, 6.07) is 12.1. The summed E-state index contributed by atoms with van der Waals surface area (Å²) in [5.74, 6) is 0.223. The van der Waals surface area contributed by atoms with Crippen LogP contribution in [0.25, 0.3) is 0 Å². The molecule has 0 aliphatic heterocycles. The van der Waals surface area contributed by atoms with Crippen molar-refractivity contribution in [1.82, 2.24) is 5.32 Å². The van der Waals surface area contributed by atoms with E-state index < -0.39 is 5.60 Å². The maximum atomic E-state index is 12.3. The fraction of sp³-hybridized carbons (Fsp3) is 0.381. The lowest BCUT2D eigenvalue weighted by Crippen LogP contribution is -2.36. The number of carbonyl (C=O) groups excluding carboxylic acids is 1. The van der Waals surface area contributed by atoms with Crippen LogP contribution < -0.4 is 5.32 Å². The number of benzene rings is 2. The molecule has 3 rings (SSSR count). The molecule has 2 aromatic rings. The summed E-state index contributed by atoms with van der Waals surface area (Å²) in [5, 5.41) is 4.16. The van der Waals surface area contributed by atoms with Gasteiger partial charge in [0.2, 0.25) is 0 Å². The third-order valence-electron chi connectivity index (χ3n) is 4.58. The Morgan fingerprint density at radius 3 is 2.48 bits per heavy atom. The first-order valence-corrected chi connectivity index (χ1v) is 10.7. The van der Waals surface area contributed by atoms with E-state index in [2.05, 4.69) is 46.1 Å². The number of amides is 1. The van der Waals surface area contributed by atoms with Gasteiger partial charge in [0, 0.05) is 9.49 Å². The van der Waals surface area contributed by atoms with E-state index >= 15 is 0 Å². The molecule has 0 saturated heterocycles. The highest BCUT2D eigenvalue weighted by Crippen LogP contribution is 2.43. The van der Waals surface area contributed by atoms with Gasteiger partial charge >= 0.3 is 6.09 Å². The molecule has 0 spiro atoms. The average molecular weight is 518 g/mol. The van der Waals surface area contributed by atoms with Crippen LogP contribution in [-0.2, 0) is 4.74 Å². The number of nitrogens with one attached hydrogen (secondary N) is 1. The van der Waals surface area contributed by atoms with Crippen LogP contribution in [0.3, 0.4) is 0 Å². The first-order chi connectivity index (χ1) is 12.6. The van der Waals surface area contributed by atoms with Crippen molar-refractivity contribution in [1.29, 1.82) is 0 Å². The molecule has 1 unspecified atom stereocenters. The van der Waals surface area contributed by atoms with Gasteiger partial charge in [-0.05, 0) is 97.2 Å². The highest BCUT2D eigenvalue weighted by Gasteiger charge is 2.30. The lowest BCUT2D eigenvalue weighted by Gasteiger charge is -2.33. The fourth-order valence-corrected chi connectivity index (χ4v) is 4.31. The van der Waals surface area contributed by atoms with Crippen LogP contribution in [0.2, 0.25) is 10.0 Å². The van der Waals surface area contributed by atoms with Gasteiger partial charge in [-0.15, -0.1) is 0 Å². The van der Waals surface area contributed by atoms with E-state index in [1.807, 2.05) is 39.0 Å². The van der Waals surface area contributed by atoms with Gasteiger partial charge in [0.25, 0.3) is 0 Å². The predicted molar refractivity (Wildman–Crippen MR) is 119 cm³/mol. The first-order valence-electron chi connectivity index (χ1n) is 8.88. The van der Waals surface area contributed by atoms with Gasteiger partial charge in [0.15, 0.2) is 0 Å². The van der Waals surface area contributed by atoms with Crippen molar-refractivity contribution in [2.75, 3.05) is 0 Å². The Morgan fingerprint density at radius 1 is 1.07 bits per heavy atom. The molecular weight excluding hydrogens is 496 g/mol. The Hall–Kier alpha value is -0.980. The summed E-state index contributed by atoms with van der Waals surface area (Å²) in [6.07, 6.45) is 1.36. The molecule has 0 aromatic heterocycles. The largest absolute Gasteiger partial charge is 0.444 e. The van der Waals surface area contributed by atoms with Crippen LogP contribution in [-0.4, -0.2) is 11.7 Å². The Bertz CT molecular complexity index is 864. The van der Waals surface area contributed by atoms with Gasteiger partial charge in [-0.25, -0.2) is 4.79 Å². The van der Waals surface area contributed by atoms with Crippen LogP contribution in [0.5, 0.6) is 0 Å². The minimum atomic E-state index is -0.518. The van der Waals surface area contributed by atoms with Crippen LogP contribution in [0, 0.1) is 3.57 Å². The maximum absolute atomic E-state index is 12.3. The van der Waals surface area contributed by atoms with Crippen LogP contribution in [0.1, 0.15) is 62.3 Å². The molecule has 27 heavy (non-hydrogen) atoms. The van der Waals surface area contributed by atoms with Gasteiger partial charge in [0.05, 0.1) is 16.1 Å². The molecule has 0 fully saturated rings. The van der Waals surface area contributed by atoms with Crippen molar-refractivity contribution in [3.63, 3.8) is 0 Å². The molecule has 3 nitrogen and oxygen atoms in total. The van der Waals surface area contributed by atoms with Crippen molar-refractivity contribution in [2.45, 2.75) is 51.2 Å². The molecule has 2 atom stereocenters. The molecule has 1 aliphatic carbocycles. The number of ether oxygens (including phenoxy) is 1. The summed E-state index contributed by atoms with van der Waals surface area (Å²) in [7, 11) is 0. The standard InChI is InChI=1S/C21H22Cl2INO2/c1-21(2,3)27-20(26)25-19-9-7-14(12-4-8-17(22)18(23)10-12)16-11-13(24)5-6-15(16)19/h4-6,8,10-11,14,19H,7,9H2,1-3H3,(H,25,26)/t14-,19?/m0/s1. The second kappa shape index (κ2) is 8.18. The Morgan fingerprint density at radius 2 is 1.81 bits per heavy atom. The second-order valence-corrected chi connectivity index (χ2v) is 9.84. The van der Waals surface area contributed by atoms with Crippen LogP contribution in [0.15, 0.2) is 36.4 Å². The third-order valence-corrected chi connectivity index (χ3v) is 5.99. The minimum absolute atomic E-state index is 0.0640. The van der Waals surface area contributed by atoms with Gasteiger partial charge < -0.3 is 10.1 Å². The first kappa shape index (κ1) is 20.7. The lowest BCUT2D eigenvalue weighted by molar-refractivity contribution is 0.0498. The van der Waals surface area contributed by atoms with E-state index in [0.717, 1.165) is 27.5 Å². The maximum Gasteiger partial charge on any atom is 0.408 e. The van der Waals surface area contributed by atoms with Gasteiger partial charge in [-0.2, -0.15) is 0 Å². The molecule has 0 saturated carbocycles. The van der Waals surface area contributed by atoms with E-state index in [0.29, 0.717) is 10.0 Å². The van der Waals surface area contributed by atoms with Gasteiger partial charge in [-0.1, -0.05) is 35.3 Å². The molecule has 2 aromatic carbocycles. The summed E-state index contributed by atoms with van der Waals surface area (Å²) in [6.45, 7) is 5.60. The quantitative estimate of drug-likeness (QED) is 0.432. The minimum Gasteiger partial charge on any atom is -0.444 e. The second-order valence-electron chi connectivity index (χ2n) is 7.78. The molecule has 1 N–H and O–H groups in total. The van der Waals surface area contributed by atoms with E-state index in [1.165, 1.54) is 5.56 Å². The highest BCUT2D eigenvalue weighted by molar-refractivity contribution is 14.1. The summed E-state index contributed by atoms with van der Waals surface area (Å²) in [5.41, 5.74) is 2.97. The Balaban J connectivity index is 1.91. The number of halogens is 3. The SMILES string of the molecule is CC(C)(C)OC(=O)NC1CC[C@@H](c2ccc(Cl)c(Cl)c2)c2cc(I)ccc21. The van der Waals surface area contributed by atoms with E-state index in [-0.39, 0.29) is 18.1 Å².